The standard InChI is InChI=1S/C28H36N4O5S/c1-5-32-24(19-30-15-17-31(18-16-30)38(35,36)22-13-11-20(3)12-14-22)25(27(33)37-6-2)26(29-28(32)34)23-10-8-7-9-21(23)4/h7-14,26H,5-6,15-19H2,1-4H3,(H,29,34)/t26-/m1/s1. The summed E-state index contributed by atoms with van der Waals surface area (Å²) in [5.74, 6) is -0.463. The van der Waals surface area contributed by atoms with Gasteiger partial charge in [-0.05, 0) is 51.0 Å². The van der Waals surface area contributed by atoms with Crippen molar-refractivity contribution in [2.75, 3.05) is 45.9 Å². The monoisotopic (exact) mass is 540 g/mol. The number of amides is 2. The molecule has 9 nitrogen and oxygen atoms in total. The zero-order valence-electron chi connectivity index (χ0n) is 22.4. The summed E-state index contributed by atoms with van der Waals surface area (Å²) >= 11 is 0. The number of sulfonamides is 1. The average Bonchev–Trinajstić information content (AvgIpc) is 2.89. The molecule has 10 heteroatoms. The van der Waals surface area contributed by atoms with E-state index in [4.69, 9.17) is 4.74 Å². The summed E-state index contributed by atoms with van der Waals surface area (Å²) in [7, 11) is -3.59. The van der Waals surface area contributed by atoms with E-state index in [1.807, 2.05) is 45.0 Å². The van der Waals surface area contributed by atoms with Crippen LogP contribution in [0.4, 0.5) is 4.79 Å². The van der Waals surface area contributed by atoms with Gasteiger partial charge >= 0.3 is 12.0 Å². The van der Waals surface area contributed by atoms with Gasteiger partial charge in [0.2, 0.25) is 10.0 Å². The smallest absolute Gasteiger partial charge is 0.338 e. The second-order valence-corrected chi connectivity index (χ2v) is 11.5. The Hall–Kier alpha value is -3.21. The fourth-order valence-corrected chi connectivity index (χ4v) is 6.42. The number of hydrogen-bond acceptors (Lipinski definition) is 6. The zero-order valence-corrected chi connectivity index (χ0v) is 23.3. The Kier molecular flexibility index (Phi) is 8.54. The molecule has 204 valence electrons. The second-order valence-electron chi connectivity index (χ2n) is 9.56. The molecule has 0 radical (unpaired) electrons. The normalized spacial score (nSPS) is 19.4. The lowest BCUT2D eigenvalue weighted by molar-refractivity contribution is -0.139. The van der Waals surface area contributed by atoms with Crippen LogP contribution >= 0.6 is 0 Å². The van der Waals surface area contributed by atoms with Crippen molar-refractivity contribution in [2.24, 2.45) is 0 Å². The maximum atomic E-state index is 13.3. The number of carbonyl (C=O) groups is 2. The number of urea groups is 1. The maximum Gasteiger partial charge on any atom is 0.338 e. The number of benzene rings is 2. The van der Waals surface area contributed by atoms with Gasteiger partial charge in [0.1, 0.15) is 0 Å². The lowest BCUT2D eigenvalue weighted by atomic mass is 9.91. The molecular weight excluding hydrogens is 504 g/mol. The summed E-state index contributed by atoms with van der Waals surface area (Å²) in [6.45, 7) is 9.99. The third-order valence-electron chi connectivity index (χ3n) is 7.11. The highest BCUT2D eigenvalue weighted by Gasteiger charge is 2.39. The number of carbonyl (C=O) groups excluding carboxylic acids is 2. The molecule has 2 aliphatic heterocycles. The Bertz CT molecular complexity index is 1320. The molecule has 4 rings (SSSR count). The molecule has 1 N–H and O–H groups in total. The molecule has 0 spiro atoms. The van der Waals surface area contributed by atoms with Crippen molar-refractivity contribution >= 4 is 22.0 Å². The number of nitrogens with one attached hydrogen (secondary N) is 1. The molecule has 0 bridgehead atoms. The molecule has 0 saturated carbocycles. The maximum absolute atomic E-state index is 13.3. The van der Waals surface area contributed by atoms with Crippen molar-refractivity contribution in [1.29, 1.82) is 0 Å². The average molecular weight is 541 g/mol. The van der Waals surface area contributed by atoms with E-state index < -0.39 is 22.0 Å². The quantitative estimate of drug-likeness (QED) is 0.517. The predicted octanol–water partition coefficient (Wildman–Crippen LogP) is 3.21. The zero-order chi connectivity index (χ0) is 27.4. The number of piperazine rings is 1. The van der Waals surface area contributed by atoms with Gasteiger partial charge in [0.05, 0.1) is 23.1 Å². The highest BCUT2D eigenvalue weighted by atomic mass is 32.2. The van der Waals surface area contributed by atoms with Crippen molar-refractivity contribution in [2.45, 2.75) is 38.6 Å². The van der Waals surface area contributed by atoms with Crippen LogP contribution in [0.15, 0.2) is 64.7 Å². The first-order valence-corrected chi connectivity index (χ1v) is 14.4. The summed E-state index contributed by atoms with van der Waals surface area (Å²) < 4.78 is 33.3. The summed E-state index contributed by atoms with van der Waals surface area (Å²) in [4.78, 5) is 30.5. The Labute approximate surface area is 225 Å². The number of rotatable bonds is 8. The van der Waals surface area contributed by atoms with Gasteiger partial charge in [-0.25, -0.2) is 18.0 Å². The van der Waals surface area contributed by atoms with Crippen LogP contribution in [0.3, 0.4) is 0 Å². The van der Waals surface area contributed by atoms with Crippen LogP contribution < -0.4 is 5.32 Å². The molecule has 1 saturated heterocycles. The van der Waals surface area contributed by atoms with Crippen molar-refractivity contribution in [3.05, 3.63) is 76.5 Å². The molecule has 1 fully saturated rings. The van der Waals surface area contributed by atoms with E-state index >= 15 is 0 Å². The van der Waals surface area contributed by atoms with Crippen LogP contribution in [0.1, 0.15) is 36.6 Å². The third kappa shape index (κ3) is 5.62. The van der Waals surface area contributed by atoms with Crippen LogP contribution in [0.5, 0.6) is 0 Å². The topological polar surface area (TPSA) is 99.3 Å². The van der Waals surface area contributed by atoms with Gasteiger partial charge in [-0.3, -0.25) is 9.80 Å². The third-order valence-corrected chi connectivity index (χ3v) is 9.03. The van der Waals surface area contributed by atoms with E-state index in [1.165, 1.54) is 4.31 Å². The Morgan fingerprint density at radius 1 is 1.00 bits per heavy atom. The van der Waals surface area contributed by atoms with Crippen LogP contribution in [0.25, 0.3) is 0 Å². The SMILES string of the molecule is CCOC(=O)C1=C(CN2CCN(S(=O)(=O)c3ccc(C)cc3)CC2)N(CC)C(=O)N[C@@H]1c1ccccc1C. The fraction of sp³-hybridized carbons (Fsp3) is 0.429. The molecule has 2 aliphatic rings. The van der Waals surface area contributed by atoms with Gasteiger partial charge in [-0.2, -0.15) is 4.31 Å². The summed E-state index contributed by atoms with van der Waals surface area (Å²) in [5.41, 5.74) is 3.81. The second kappa shape index (κ2) is 11.7. The molecule has 0 aliphatic carbocycles. The summed E-state index contributed by atoms with van der Waals surface area (Å²) in [5, 5.41) is 3.00. The first-order chi connectivity index (χ1) is 18.2. The van der Waals surface area contributed by atoms with Crippen LogP contribution in [0.2, 0.25) is 0 Å². The Balaban J connectivity index is 1.62. The van der Waals surface area contributed by atoms with E-state index in [1.54, 1.807) is 36.1 Å². The molecule has 2 amide bonds. The molecule has 1 atom stereocenters. The highest BCUT2D eigenvalue weighted by Crippen LogP contribution is 2.33. The molecule has 2 aromatic rings. The van der Waals surface area contributed by atoms with Gasteiger partial charge in [0, 0.05) is 45.0 Å². The molecule has 38 heavy (non-hydrogen) atoms. The molecule has 0 unspecified atom stereocenters. The van der Waals surface area contributed by atoms with E-state index in [9.17, 15) is 18.0 Å². The largest absolute Gasteiger partial charge is 0.463 e. The first kappa shape index (κ1) is 27.8. The molecule has 2 heterocycles. The van der Waals surface area contributed by atoms with E-state index in [0.29, 0.717) is 50.5 Å². The summed E-state index contributed by atoms with van der Waals surface area (Å²) in [6, 6.07) is 13.6. The van der Waals surface area contributed by atoms with Gasteiger partial charge < -0.3 is 10.1 Å². The number of hydrogen-bond donors (Lipinski definition) is 1. The van der Waals surface area contributed by atoms with Crippen molar-refractivity contribution in [1.82, 2.24) is 19.4 Å². The number of nitrogens with zero attached hydrogens (tertiary/aromatic N) is 3. The lowest BCUT2D eigenvalue weighted by Crippen LogP contribution is -2.53. The highest BCUT2D eigenvalue weighted by molar-refractivity contribution is 7.89. The number of ether oxygens (including phenoxy) is 1. The van der Waals surface area contributed by atoms with Crippen molar-refractivity contribution < 1.29 is 22.7 Å². The van der Waals surface area contributed by atoms with Crippen molar-refractivity contribution in [3.8, 4) is 0 Å². The number of esters is 1. The van der Waals surface area contributed by atoms with E-state index in [-0.39, 0.29) is 17.5 Å². The lowest BCUT2D eigenvalue weighted by Gasteiger charge is -2.40. The van der Waals surface area contributed by atoms with E-state index in [2.05, 4.69) is 10.2 Å². The van der Waals surface area contributed by atoms with Crippen LogP contribution in [0, 0.1) is 13.8 Å². The van der Waals surface area contributed by atoms with Gasteiger partial charge in [0.25, 0.3) is 0 Å². The fourth-order valence-electron chi connectivity index (χ4n) is 5.00. The van der Waals surface area contributed by atoms with E-state index in [0.717, 1.165) is 16.7 Å². The summed E-state index contributed by atoms with van der Waals surface area (Å²) in [6.07, 6.45) is 0. The number of likely N-dealkylation sites (N-methyl/N-ethyl adjacent to an activating group) is 1. The predicted molar refractivity (Wildman–Crippen MR) is 145 cm³/mol. The Morgan fingerprint density at radius 3 is 2.26 bits per heavy atom. The van der Waals surface area contributed by atoms with Gasteiger partial charge in [-0.1, -0.05) is 42.0 Å². The van der Waals surface area contributed by atoms with Crippen LogP contribution in [-0.4, -0.2) is 80.4 Å². The first-order valence-electron chi connectivity index (χ1n) is 13.0. The van der Waals surface area contributed by atoms with Gasteiger partial charge in [-0.15, -0.1) is 0 Å². The van der Waals surface area contributed by atoms with Crippen LogP contribution in [-0.2, 0) is 19.6 Å². The molecule has 0 aromatic heterocycles. The minimum absolute atomic E-state index is 0.214. The molecular formula is C28H36N4O5S. The minimum Gasteiger partial charge on any atom is -0.463 e. The molecule has 2 aromatic carbocycles. The minimum atomic E-state index is -3.59. The Morgan fingerprint density at radius 2 is 1.66 bits per heavy atom. The number of aryl methyl sites for hydroxylation is 2. The van der Waals surface area contributed by atoms with Crippen molar-refractivity contribution in [3.63, 3.8) is 0 Å². The van der Waals surface area contributed by atoms with Gasteiger partial charge in [0.15, 0.2) is 0 Å².